The molecule has 0 saturated heterocycles. The first kappa shape index (κ1) is 32.2. The van der Waals surface area contributed by atoms with Crippen LogP contribution in [-0.4, -0.2) is 23.6 Å². The molecule has 11 rings (SSSR count). The standard InChI is InChI=1S/C52H35N3O/c1-55-51(35-20-9-4-10-21-35)53-50(54-52(55)38-23-15-22-36(30-38)33-16-5-2-6-17-33)45-32-44-40-29-28-37(34-18-7-3-8-19-34)31-43(40)39-24-11-12-25-41(39)47(44)49-48(45)42-26-13-14-27-46(42)56-49/h2-32,51H,1H3. The Morgan fingerprint density at radius 2 is 1.04 bits per heavy atom. The summed E-state index contributed by atoms with van der Waals surface area (Å²) in [4.78, 5) is 13.2. The highest BCUT2D eigenvalue weighted by atomic mass is 16.3. The van der Waals surface area contributed by atoms with Gasteiger partial charge in [0.05, 0.1) is 0 Å². The molecule has 4 heteroatoms. The summed E-state index contributed by atoms with van der Waals surface area (Å²) < 4.78 is 6.94. The fourth-order valence-corrected chi connectivity index (χ4v) is 8.62. The molecule has 264 valence electrons. The minimum Gasteiger partial charge on any atom is -0.455 e. The Hall–Kier alpha value is -7.30. The SMILES string of the molecule is CN1C(c2cccc(-c3ccccc3)c2)=NC(c2cc3c4ccc(-c5ccccc5)cc4c4ccccc4c3c3oc4ccccc4c23)=NC1c1ccccc1. The molecule has 0 saturated carbocycles. The van der Waals surface area contributed by atoms with Crippen LogP contribution in [0.3, 0.4) is 0 Å². The van der Waals surface area contributed by atoms with Crippen LogP contribution in [0.1, 0.15) is 22.9 Å². The van der Waals surface area contributed by atoms with Crippen molar-refractivity contribution < 1.29 is 4.42 Å². The van der Waals surface area contributed by atoms with Crippen molar-refractivity contribution in [1.29, 1.82) is 0 Å². The van der Waals surface area contributed by atoms with Crippen LogP contribution < -0.4 is 0 Å². The maximum atomic E-state index is 6.94. The van der Waals surface area contributed by atoms with Gasteiger partial charge in [-0.1, -0.05) is 164 Å². The van der Waals surface area contributed by atoms with Gasteiger partial charge in [0.15, 0.2) is 5.84 Å². The predicted octanol–water partition coefficient (Wildman–Crippen LogP) is 13.2. The van der Waals surface area contributed by atoms with Gasteiger partial charge in [-0.3, -0.25) is 0 Å². The second-order valence-electron chi connectivity index (χ2n) is 14.6. The number of furan rings is 1. The minimum absolute atomic E-state index is 0.301. The third-order valence-electron chi connectivity index (χ3n) is 11.3. The number of benzene rings is 9. The molecule has 1 aliphatic heterocycles. The van der Waals surface area contributed by atoms with E-state index in [1.165, 1.54) is 21.9 Å². The van der Waals surface area contributed by atoms with Gasteiger partial charge in [0, 0.05) is 34.3 Å². The number of hydrogen-bond donors (Lipinski definition) is 0. The number of para-hydroxylation sites is 1. The molecule has 0 spiro atoms. The summed E-state index contributed by atoms with van der Waals surface area (Å²) in [5.74, 6) is 1.54. The first-order valence-corrected chi connectivity index (χ1v) is 19.1. The third-order valence-corrected chi connectivity index (χ3v) is 11.3. The van der Waals surface area contributed by atoms with Crippen molar-refractivity contribution >= 4 is 65.9 Å². The number of rotatable bonds is 5. The van der Waals surface area contributed by atoms with Crippen LogP contribution in [0.5, 0.6) is 0 Å². The van der Waals surface area contributed by atoms with Crippen LogP contribution in [0.4, 0.5) is 0 Å². The quantitative estimate of drug-likeness (QED) is 0.166. The fraction of sp³-hybridized carbons (Fsp3) is 0.0385. The van der Waals surface area contributed by atoms with E-state index < -0.39 is 0 Å². The van der Waals surface area contributed by atoms with Gasteiger partial charge in [-0.2, -0.15) is 0 Å². The lowest BCUT2D eigenvalue weighted by atomic mass is 9.89. The van der Waals surface area contributed by atoms with E-state index in [0.717, 1.165) is 77.1 Å². The zero-order valence-electron chi connectivity index (χ0n) is 30.7. The molecular formula is C52H35N3O. The van der Waals surface area contributed by atoms with Gasteiger partial charge < -0.3 is 9.32 Å². The zero-order valence-corrected chi connectivity index (χ0v) is 30.7. The summed E-state index contributed by atoms with van der Waals surface area (Å²) in [6.07, 6.45) is -0.301. The summed E-state index contributed by atoms with van der Waals surface area (Å²) >= 11 is 0. The number of fused-ring (bicyclic) bond motifs is 10. The maximum absolute atomic E-state index is 6.94. The molecule has 1 aromatic heterocycles. The van der Waals surface area contributed by atoms with Crippen molar-refractivity contribution in [2.45, 2.75) is 6.17 Å². The fourth-order valence-electron chi connectivity index (χ4n) is 8.62. The highest BCUT2D eigenvalue weighted by Crippen LogP contribution is 2.45. The largest absolute Gasteiger partial charge is 0.455 e. The van der Waals surface area contributed by atoms with Crippen molar-refractivity contribution in [3.8, 4) is 22.3 Å². The lowest BCUT2D eigenvalue weighted by Gasteiger charge is -2.32. The molecule has 2 heterocycles. The molecule has 0 radical (unpaired) electrons. The van der Waals surface area contributed by atoms with E-state index in [-0.39, 0.29) is 6.17 Å². The van der Waals surface area contributed by atoms with Crippen LogP contribution in [0, 0.1) is 0 Å². The average Bonchev–Trinajstić information content (AvgIpc) is 3.67. The zero-order chi connectivity index (χ0) is 37.2. The molecule has 1 aliphatic rings. The average molecular weight is 718 g/mol. The Balaban J connectivity index is 1.23. The van der Waals surface area contributed by atoms with Crippen molar-refractivity contribution in [2.75, 3.05) is 7.05 Å². The van der Waals surface area contributed by atoms with Crippen molar-refractivity contribution in [3.05, 3.63) is 205 Å². The van der Waals surface area contributed by atoms with Crippen LogP contribution in [-0.2, 0) is 0 Å². The van der Waals surface area contributed by atoms with Gasteiger partial charge in [0.2, 0.25) is 0 Å². The van der Waals surface area contributed by atoms with Crippen LogP contribution >= 0.6 is 0 Å². The lowest BCUT2D eigenvalue weighted by molar-refractivity contribution is 0.383. The molecule has 4 nitrogen and oxygen atoms in total. The number of aliphatic imine (C=N–C) groups is 2. The van der Waals surface area contributed by atoms with Gasteiger partial charge in [-0.25, -0.2) is 9.98 Å². The smallest absolute Gasteiger partial charge is 0.160 e. The van der Waals surface area contributed by atoms with Gasteiger partial charge >= 0.3 is 0 Å². The highest BCUT2D eigenvalue weighted by molar-refractivity contribution is 6.36. The van der Waals surface area contributed by atoms with Gasteiger partial charge in [0.1, 0.15) is 23.2 Å². The Kier molecular flexibility index (Phi) is 7.42. The molecule has 10 aromatic rings. The maximum Gasteiger partial charge on any atom is 0.160 e. The van der Waals surface area contributed by atoms with Crippen molar-refractivity contribution in [3.63, 3.8) is 0 Å². The van der Waals surface area contributed by atoms with Crippen LogP contribution in [0.2, 0.25) is 0 Å². The molecule has 1 atom stereocenters. The van der Waals surface area contributed by atoms with E-state index in [1.54, 1.807) is 0 Å². The minimum atomic E-state index is -0.301. The van der Waals surface area contributed by atoms with Gasteiger partial charge in [-0.05, 0) is 79.0 Å². The Labute approximate surface area is 324 Å². The second-order valence-corrected chi connectivity index (χ2v) is 14.6. The Morgan fingerprint density at radius 3 is 1.79 bits per heavy atom. The molecule has 9 aromatic carbocycles. The van der Waals surface area contributed by atoms with E-state index >= 15 is 0 Å². The van der Waals surface area contributed by atoms with Crippen molar-refractivity contribution in [1.82, 2.24) is 4.90 Å². The molecule has 1 unspecified atom stereocenters. The molecular weight excluding hydrogens is 683 g/mol. The number of amidine groups is 2. The van der Waals surface area contributed by atoms with Gasteiger partial charge in [0.25, 0.3) is 0 Å². The van der Waals surface area contributed by atoms with E-state index in [2.05, 4.69) is 194 Å². The predicted molar refractivity (Wildman–Crippen MR) is 234 cm³/mol. The molecule has 0 fully saturated rings. The normalized spacial score (nSPS) is 14.5. The molecule has 56 heavy (non-hydrogen) atoms. The summed E-state index contributed by atoms with van der Waals surface area (Å²) in [6, 6.07) is 66.6. The molecule has 0 amide bonds. The Morgan fingerprint density at radius 1 is 0.446 bits per heavy atom. The highest BCUT2D eigenvalue weighted by Gasteiger charge is 2.29. The summed E-state index contributed by atoms with van der Waals surface area (Å²) in [5.41, 5.74) is 9.45. The van der Waals surface area contributed by atoms with E-state index in [9.17, 15) is 0 Å². The van der Waals surface area contributed by atoms with E-state index in [4.69, 9.17) is 14.4 Å². The Bertz CT molecular complexity index is 3200. The van der Waals surface area contributed by atoms with E-state index in [0.29, 0.717) is 5.84 Å². The topological polar surface area (TPSA) is 41.1 Å². The van der Waals surface area contributed by atoms with E-state index in [1.807, 2.05) is 6.07 Å². The van der Waals surface area contributed by atoms with Gasteiger partial charge in [-0.15, -0.1) is 0 Å². The van der Waals surface area contributed by atoms with Crippen LogP contribution in [0.15, 0.2) is 202 Å². The first-order valence-electron chi connectivity index (χ1n) is 19.1. The second kappa shape index (κ2) is 12.9. The third kappa shape index (κ3) is 5.14. The monoisotopic (exact) mass is 717 g/mol. The summed E-state index contributed by atoms with van der Waals surface area (Å²) in [6.45, 7) is 0. The van der Waals surface area contributed by atoms with Crippen LogP contribution in [0.25, 0.3) is 76.5 Å². The first-order chi connectivity index (χ1) is 27.7. The summed E-state index contributed by atoms with van der Waals surface area (Å²) in [5, 5.41) is 8.99. The lowest BCUT2D eigenvalue weighted by Crippen LogP contribution is -2.35. The molecule has 0 aliphatic carbocycles. The molecule has 0 N–H and O–H groups in total. The summed E-state index contributed by atoms with van der Waals surface area (Å²) in [7, 11) is 2.10. The molecule has 0 bridgehead atoms. The van der Waals surface area contributed by atoms with Crippen molar-refractivity contribution in [2.24, 2.45) is 9.98 Å². The number of hydrogen-bond acceptors (Lipinski definition) is 4. The number of nitrogens with zero attached hydrogens (tertiary/aromatic N) is 3.